The van der Waals surface area contributed by atoms with Crippen LogP contribution < -0.4 is 15.4 Å². The van der Waals surface area contributed by atoms with Gasteiger partial charge in [0.15, 0.2) is 0 Å². The summed E-state index contributed by atoms with van der Waals surface area (Å²) in [6.07, 6.45) is -4.81. The van der Waals surface area contributed by atoms with Crippen LogP contribution in [0.15, 0.2) is 48.5 Å². The zero-order valence-corrected chi connectivity index (χ0v) is 17.9. The molecule has 0 aliphatic heterocycles. The first-order valence-corrected chi connectivity index (χ1v) is 9.83. The van der Waals surface area contributed by atoms with Crippen LogP contribution in [0.4, 0.5) is 35.0 Å². The van der Waals surface area contributed by atoms with Crippen LogP contribution in [0.2, 0.25) is 5.02 Å². The van der Waals surface area contributed by atoms with Crippen LogP contribution in [0.5, 0.6) is 5.75 Å². The third kappa shape index (κ3) is 6.96. The molecule has 0 aliphatic carbocycles. The SMILES string of the molecule is CN(C)CCNc1nc(Nc2ccc(F)cc2Cl)cc(-c2cccc(OC(F)(F)F)c2)n1. The number of benzene rings is 2. The van der Waals surface area contributed by atoms with Crippen molar-refractivity contribution in [2.45, 2.75) is 6.36 Å². The summed E-state index contributed by atoms with van der Waals surface area (Å²) in [7, 11) is 3.82. The van der Waals surface area contributed by atoms with Gasteiger partial charge < -0.3 is 20.3 Å². The van der Waals surface area contributed by atoms with Crippen molar-refractivity contribution in [2.75, 3.05) is 37.8 Å². The molecule has 0 aliphatic rings. The first-order valence-electron chi connectivity index (χ1n) is 9.45. The van der Waals surface area contributed by atoms with Crippen molar-refractivity contribution in [1.29, 1.82) is 0 Å². The second-order valence-electron chi connectivity index (χ2n) is 7.02. The molecule has 3 rings (SSSR count). The standard InChI is InChI=1S/C21H20ClF4N5O/c1-31(2)9-8-27-20-29-18(13-4-3-5-15(10-13)32-21(24,25)26)12-19(30-20)28-17-7-6-14(23)11-16(17)22/h3-7,10-12H,8-9H2,1-2H3,(H2,27,28,29,30). The van der Waals surface area contributed by atoms with Crippen molar-refractivity contribution in [3.63, 3.8) is 0 Å². The van der Waals surface area contributed by atoms with E-state index >= 15 is 0 Å². The molecule has 3 aromatic rings. The highest BCUT2D eigenvalue weighted by atomic mass is 35.5. The lowest BCUT2D eigenvalue weighted by Crippen LogP contribution is -2.21. The molecule has 0 saturated heterocycles. The first-order chi connectivity index (χ1) is 15.1. The maximum absolute atomic E-state index is 13.4. The van der Waals surface area contributed by atoms with Gasteiger partial charge in [-0.1, -0.05) is 23.7 Å². The molecule has 6 nitrogen and oxygen atoms in total. The molecule has 1 heterocycles. The van der Waals surface area contributed by atoms with E-state index in [1.54, 1.807) is 12.1 Å². The quantitative estimate of drug-likeness (QED) is 0.422. The van der Waals surface area contributed by atoms with Crippen LogP contribution in [-0.2, 0) is 0 Å². The molecular formula is C21H20ClF4N5O. The summed E-state index contributed by atoms with van der Waals surface area (Å²) in [6.45, 7) is 1.24. The molecular weight excluding hydrogens is 450 g/mol. The van der Waals surface area contributed by atoms with Crippen molar-refractivity contribution in [1.82, 2.24) is 14.9 Å². The monoisotopic (exact) mass is 469 g/mol. The number of nitrogens with one attached hydrogen (secondary N) is 2. The smallest absolute Gasteiger partial charge is 0.406 e. The van der Waals surface area contributed by atoms with Gasteiger partial charge in [-0.15, -0.1) is 13.2 Å². The van der Waals surface area contributed by atoms with Crippen LogP contribution in [-0.4, -0.2) is 48.4 Å². The van der Waals surface area contributed by atoms with Gasteiger partial charge in [-0.25, -0.2) is 9.37 Å². The van der Waals surface area contributed by atoms with Gasteiger partial charge in [0.1, 0.15) is 17.4 Å². The molecule has 0 amide bonds. The van der Waals surface area contributed by atoms with Gasteiger partial charge in [-0.05, 0) is 44.4 Å². The molecule has 0 bridgehead atoms. The lowest BCUT2D eigenvalue weighted by molar-refractivity contribution is -0.274. The van der Waals surface area contributed by atoms with E-state index < -0.39 is 12.2 Å². The summed E-state index contributed by atoms with van der Waals surface area (Å²) in [6, 6.07) is 10.9. The Balaban J connectivity index is 1.95. The average molecular weight is 470 g/mol. The average Bonchev–Trinajstić information content (AvgIpc) is 2.69. The van der Waals surface area contributed by atoms with Crippen molar-refractivity contribution in [2.24, 2.45) is 0 Å². The molecule has 0 radical (unpaired) electrons. The molecule has 0 unspecified atom stereocenters. The Hall–Kier alpha value is -3.11. The molecule has 32 heavy (non-hydrogen) atoms. The predicted molar refractivity (Wildman–Crippen MR) is 116 cm³/mol. The summed E-state index contributed by atoms with van der Waals surface area (Å²) in [5, 5.41) is 6.22. The van der Waals surface area contributed by atoms with Gasteiger partial charge >= 0.3 is 6.36 Å². The maximum atomic E-state index is 13.4. The molecule has 0 saturated carbocycles. The molecule has 0 fully saturated rings. The number of hydrogen-bond donors (Lipinski definition) is 2. The van der Waals surface area contributed by atoms with Crippen LogP contribution >= 0.6 is 11.6 Å². The molecule has 2 N–H and O–H groups in total. The topological polar surface area (TPSA) is 62.3 Å². The predicted octanol–water partition coefficient (Wildman–Crippen LogP) is 5.55. The Morgan fingerprint density at radius 1 is 1.06 bits per heavy atom. The second kappa shape index (κ2) is 10.0. The number of anilines is 3. The fourth-order valence-corrected chi connectivity index (χ4v) is 2.93. The number of alkyl halides is 3. The van der Waals surface area contributed by atoms with E-state index in [-0.39, 0.29) is 16.7 Å². The zero-order valence-electron chi connectivity index (χ0n) is 17.2. The van der Waals surface area contributed by atoms with Crippen molar-refractivity contribution >= 4 is 29.1 Å². The summed E-state index contributed by atoms with van der Waals surface area (Å²) in [4.78, 5) is 10.8. The molecule has 2 aromatic carbocycles. The van der Waals surface area contributed by atoms with Gasteiger partial charge in [-0.3, -0.25) is 0 Å². The van der Waals surface area contributed by atoms with Crippen LogP contribution in [0.1, 0.15) is 0 Å². The van der Waals surface area contributed by atoms with Gasteiger partial charge in [0.05, 0.1) is 16.4 Å². The van der Waals surface area contributed by atoms with Crippen molar-refractivity contribution in [3.8, 4) is 17.0 Å². The molecule has 0 spiro atoms. The van der Waals surface area contributed by atoms with E-state index in [4.69, 9.17) is 11.6 Å². The minimum absolute atomic E-state index is 0.146. The first kappa shape index (κ1) is 23.6. The number of nitrogens with zero attached hydrogens (tertiary/aromatic N) is 3. The van der Waals surface area contributed by atoms with Gasteiger partial charge in [0, 0.05) is 24.7 Å². The number of hydrogen-bond acceptors (Lipinski definition) is 6. The fraction of sp³-hybridized carbons (Fsp3) is 0.238. The van der Waals surface area contributed by atoms with E-state index in [2.05, 4.69) is 25.3 Å². The summed E-state index contributed by atoms with van der Waals surface area (Å²) in [5.41, 5.74) is 1.14. The third-order valence-electron chi connectivity index (χ3n) is 4.13. The largest absolute Gasteiger partial charge is 0.573 e. The minimum Gasteiger partial charge on any atom is -0.406 e. The fourth-order valence-electron chi connectivity index (χ4n) is 2.71. The van der Waals surface area contributed by atoms with Gasteiger partial charge in [0.25, 0.3) is 0 Å². The number of likely N-dealkylation sites (N-methyl/N-ethyl adjacent to an activating group) is 1. The maximum Gasteiger partial charge on any atom is 0.573 e. The third-order valence-corrected chi connectivity index (χ3v) is 4.44. The number of rotatable bonds is 8. The van der Waals surface area contributed by atoms with E-state index in [1.165, 1.54) is 30.3 Å². The molecule has 1 aromatic heterocycles. The Morgan fingerprint density at radius 2 is 1.84 bits per heavy atom. The Labute approximate surface area is 187 Å². The highest BCUT2D eigenvalue weighted by Gasteiger charge is 2.31. The minimum atomic E-state index is -4.81. The normalized spacial score (nSPS) is 11.5. The van der Waals surface area contributed by atoms with Crippen LogP contribution in [0.3, 0.4) is 0 Å². The van der Waals surface area contributed by atoms with E-state index in [0.29, 0.717) is 35.9 Å². The molecule has 11 heteroatoms. The van der Waals surface area contributed by atoms with Crippen LogP contribution in [0.25, 0.3) is 11.3 Å². The van der Waals surface area contributed by atoms with E-state index in [1.807, 2.05) is 19.0 Å². The molecule has 0 atom stereocenters. The van der Waals surface area contributed by atoms with Crippen LogP contribution in [0, 0.1) is 5.82 Å². The number of ether oxygens (including phenoxy) is 1. The number of aromatic nitrogens is 2. The Kier molecular flexibility index (Phi) is 7.37. The van der Waals surface area contributed by atoms with Gasteiger partial charge in [0.2, 0.25) is 5.95 Å². The molecule has 170 valence electrons. The zero-order chi connectivity index (χ0) is 23.3. The highest BCUT2D eigenvalue weighted by molar-refractivity contribution is 6.33. The summed E-state index contributed by atoms with van der Waals surface area (Å²) >= 11 is 6.09. The lowest BCUT2D eigenvalue weighted by Gasteiger charge is -2.14. The van der Waals surface area contributed by atoms with Crippen molar-refractivity contribution in [3.05, 3.63) is 59.4 Å². The summed E-state index contributed by atoms with van der Waals surface area (Å²) in [5.74, 6) is -0.284. The lowest BCUT2D eigenvalue weighted by atomic mass is 10.1. The van der Waals surface area contributed by atoms with E-state index in [0.717, 1.165) is 6.07 Å². The number of halogens is 5. The van der Waals surface area contributed by atoms with Crippen molar-refractivity contribution < 1.29 is 22.3 Å². The Morgan fingerprint density at radius 3 is 2.53 bits per heavy atom. The summed E-state index contributed by atoms with van der Waals surface area (Å²) < 4.78 is 55.2. The van der Waals surface area contributed by atoms with Gasteiger partial charge in [-0.2, -0.15) is 4.98 Å². The van der Waals surface area contributed by atoms with E-state index in [9.17, 15) is 17.6 Å². The highest BCUT2D eigenvalue weighted by Crippen LogP contribution is 2.30. The Bertz CT molecular complexity index is 1080. The second-order valence-corrected chi connectivity index (χ2v) is 7.42.